The predicted molar refractivity (Wildman–Crippen MR) is 80.5 cm³/mol. The van der Waals surface area contributed by atoms with Gasteiger partial charge < -0.3 is 12.2 Å². The maximum atomic E-state index is 11.0. The molecule has 0 amide bonds. The molecule has 1 aromatic rings. The average Bonchev–Trinajstić information content (AvgIpc) is 2.27. The van der Waals surface area contributed by atoms with Gasteiger partial charge in [0.1, 0.15) is 6.10 Å². The van der Waals surface area contributed by atoms with Crippen molar-refractivity contribution in [3.63, 3.8) is 0 Å². The molecule has 1 radical (unpaired) electrons. The number of hydrogen-bond acceptors (Lipinski definition) is 2. The molecule has 117 valence electrons. The molecule has 1 rings (SSSR count). The van der Waals surface area contributed by atoms with Crippen LogP contribution in [0.1, 0.15) is 39.2 Å². The van der Waals surface area contributed by atoms with Crippen LogP contribution in [-0.2, 0) is 69.7 Å². The number of ether oxygens (including phenoxy) is 1. The molecular formula is C17H26O2WY-2. The van der Waals surface area contributed by atoms with E-state index in [-0.39, 0.29) is 72.7 Å². The van der Waals surface area contributed by atoms with E-state index in [4.69, 9.17) is 4.74 Å². The van der Waals surface area contributed by atoms with Gasteiger partial charge >= 0.3 is 0 Å². The van der Waals surface area contributed by atoms with Crippen molar-refractivity contribution < 1.29 is 63.3 Å². The zero-order chi connectivity index (χ0) is 13.6. The Labute approximate surface area is 169 Å². The van der Waals surface area contributed by atoms with Crippen LogP contribution in [0.25, 0.3) is 0 Å². The van der Waals surface area contributed by atoms with Gasteiger partial charge in [-0.3, -0.25) is 11.7 Å². The number of hydrogen-bond donors (Lipinski definition) is 0. The first-order valence-corrected chi connectivity index (χ1v) is 6.46. The number of esters is 1. The normalized spacial score (nSPS) is 11.2. The van der Waals surface area contributed by atoms with Crippen LogP contribution in [0.2, 0.25) is 0 Å². The van der Waals surface area contributed by atoms with Crippen molar-refractivity contribution in [2.45, 2.75) is 46.1 Å². The smallest absolute Gasteiger partial charge is 0.164 e. The molecule has 0 aromatic heterocycles. The van der Waals surface area contributed by atoms with Gasteiger partial charge in [0.25, 0.3) is 0 Å². The zero-order valence-corrected chi connectivity index (χ0v) is 19.4. The first kappa shape index (κ1) is 26.3. The fourth-order valence-corrected chi connectivity index (χ4v) is 1.96. The maximum Gasteiger partial charge on any atom is 0.164 e. The van der Waals surface area contributed by atoms with Crippen molar-refractivity contribution in [2.75, 3.05) is 0 Å². The molecule has 0 spiro atoms. The van der Waals surface area contributed by atoms with Crippen LogP contribution in [-0.4, -0.2) is 12.1 Å². The van der Waals surface area contributed by atoms with Gasteiger partial charge in [0, 0.05) is 53.8 Å². The summed E-state index contributed by atoms with van der Waals surface area (Å²) in [6, 6.07) is 10.4. The molecule has 0 saturated heterocycles. The second kappa shape index (κ2) is 12.9. The quantitative estimate of drug-likeness (QED) is 0.417. The van der Waals surface area contributed by atoms with Crippen LogP contribution in [0.5, 0.6) is 0 Å². The fraction of sp³-hybridized carbons (Fsp3) is 0.471. The maximum absolute atomic E-state index is 11.0. The topological polar surface area (TPSA) is 26.3 Å². The van der Waals surface area contributed by atoms with Crippen LogP contribution in [0.15, 0.2) is 30.3 Å². The van der Waals surface area contributed by atoms with E-state index < -0.39 is 5.97 Å². The van der Waals surface area contributed by atoms with Gasteiger partial charge in [-0.2, -0.15) is 0 Å². The van der Waals surface area contributed by atoms with Gasteiger partial charge in [0.2, 0.25) is 0 Å². The Hall–Kier alpha value is 0.352. The SMILES string of the molecule is [CH2-]C(=O)O[C@H](CCCc1ccccc1)C(C)(C)C.[CH3-].[W].[Y]. The van der Waals surface area contributed by atoms with E-state index in [2.05, 4.69) is 39.8 Å². The first-order chi connectivity index (χ1) is 8.39. The molecule has 1 aromatic carbocycles. The summed E-state index contributed by atoms with van der Waals surface area (Å²) >= 11 is 0. The molecule has 0 aliphatic carbocycles. The van der Waals surface area contributed by atoms with E-state index in [9.17, 15) is 4.79 Å². The number of aryl methyl sites for hydroxylation is 1. The van der Waals surface area contributed by atoms with Crippen molar-refractivity contribution in [3.05, 3.63) is 50.2 Å². The summed E-state index contributed by atoms with van der Waals surface area (Å²) in [5, 5.41) is 0. The summed E-state index contributed by atoms with van der Waals surface area (Å²) in [5.41, 5.74) is 1.29. The average molecular weight is 535 g/mol. The van der Waals surface area contributed by atoms with Crippen LogP contribution < -0.4 is 0 Å². The van der Waals surface area contributed by atoms with E-state index in [0.29, 0.717) is 0 Å². The Morgan fingerprint density at radius 3 is 2.19 bits per heavy atom. The Balaban J connectivity index is -0.00000108. The Bertz CT molecular complexity index is 374. The molecule has 0 saturated carbocycles. The molecule has 0 fully saturated rings. The summed E-state index contributed by atoms with van der Waals surface area (Å²) in [6.45, 7) is 9.56. The Morgan fingerprint density at radius 2 is 1.76 bits per heavy atom. The molecule has 2 nitrogen and oxygen atoms in total. The summed E-state index contributed by atoms with van der Waals surface area (Å²) in [6.07, 6.45) is 2.84. The third-order valence-electron chi connectivity index (χ3n) is 3.01. The standard InChI is InChI=1S/C16H23O2.CH3.W.Y/c1-13(17)18-15(16(2,3)4)12-8-11-14-9-6-5-7-10-14;;;/h5-7,9-10,15H,1,8,11-12H2,2-4H3;1H3;;/q2*-1;;/t15-;;;/m1.../s1. The van der Waals surface area contributed by atoms with Crippen molar-refractivity contribution in [2.24, 2.45) is 5.41 Å². The monoisotopic (exact) mass is 535 g/mol. The van der Waals surface area contributed by atoms with Crippen LogP contribution in [0.3, 0.4) is 0 Å². The van der Waals surface area contributed by atoms with Crippen LogP contribution >= 0.6 is 0 Å². The summed E-state index contributed by atoms with van der Waals surface area (Å²) < 4.78 is 5.30. The van der Waals surface area contributed by atoms with Crippen molar-refractivity contribution in [1.82, 2.24) is 0 Å². The summed E-state index contributed by atoms with van der Waals surface area (Å²) in [5.74, 6) is -0.436. The largest absolute Gasteiger partial charge is 0.485 e. The minimum absolute atomic E-state index is 0. The first-order valence-electron chi connectivity index (χ1n) is 6.46. The van der Waals surface area contributed by atoms with Crippen LogP contribution in [0, 0.1) is 19.8 Å². The van der Waals surface area contributed by atoms with Crippen molar-refractivity contribution in [1.29, 1.82) is 0 Å². The van der Waals surface area contributed by atoms with E-state index in [1.54, 1.807) is 0 Å². The van der Waals surface area contributed by atoms with Gasteiger partial charge in [0.15, 0.2) is 5.97 Å². The van der Waals surface area contributed by atoms with Crippen molar-refractivity contribution >= 4 is 5.97 Å². The molecular weight excluding hydrogens is 509 g/mol. The second-order valence-electron chi connectivity index (χ2n) is 5.72. The third-order valence-corrected chi connectivity index (χ3v) is 3.01. The number of carbonyl (C=O) groups excluding carboxylic acids is 1. The molecule has 1 atom stereocenters. The zero-order valence-electron chi connectivity index (χ0n) is 13.6. The van der Waals surface area contributed by atoms with Gasteiger partial charge in [-0.15, -0.1) is 0 Å². The van der Waals surface area contributed by atoms with E-state index in [1.165, 1.54) is 5.56 Å². The second-order valence-corrected chi connectivity index (χ2v) is 5.72. The molecule has 21 heavy (non-hydrogen) atoms. The summed E-state index contributed by atoms with van der Waals surface area (Å²) in [7, 11) is 0. The van der Waals surface area contributed by atoms with Gasteiger partial charge in [-0.05, 0) is 30.2 Å². The Morgan fingerprint density at radius 1 is 1.24 bits per heavy atom. The predicted octanol–water partition coefficient (Wildman–Crippen LogP) is 4.25. The molecule has 0 heterocycles. The third kappa shape index (κ3) is 11.6. The molecule has 4 heteroatoms. The molecule has 0 bridgehead atoms. The van der Waals surface area contributed by atoms with Gasteiger partial charge in [-0.25, -0.2) is 0 Å². The van der Waals surface area contributed by atoms with Crippen molar-refractivity contribution in [3.8, 4) is 0 Å². The van der Waals surface area contributed by atoms with E-state index in [0.717, 1.165) is 19.3 Å². The number of benzene rings is 1. The number of carbonyl (C=O) groups is 1. The summed E-state index contributed by atoms with van der Waals surface area (Å²) in [4.78, 5) is 11.0. The fourth-order valence-electron chi connectivity index (χ4n) is 1.96. The Kier molecular flexibility index (Phi) is 16.1. The molecule has 0 N–H and O–H groups in total. The molecule has 0 aliphatic rings. The van der Waals surface area contributed by atoms with Crippen LogP contribution in [0.4, 0.5) is 0 Å². The van der Waals surface area contributed by atoms with E-state index >= 15 is 0 Å². The van der Waals surface area contributed by atoms with E-state index in [1.807, 2.05) is 18.2 Å². The minimum Gasteiger partial charge on any atom is -0.485 e. The minimum atomic E-state index is -0.436. The molecule has 0 unspecified atom stereocenters. The van der Waals surface area contributed by atoms with Gasteiger partial charge in [-0.1, -0.05) is 51.1 Å². The molecule has 0 aliphatic heterocycles. The number of rotatable bonds is 5. The van der Waals surface area contributed by atoms with Gasteiger partial charge in [0.05, 0.1) is 0 Å².